The first-order valence-corrected chi connectivity index (χ1v) is 5.57. The van der Waals surface area contributed by atoms with Gasteiger partial charge < -0.3 is 9.26 Å². The Morgan fingerprint density at radius 1 is 1.39 bits per heavy atom. The SMILES string of the molecule is COC(C)c1noc(Cc2ccc(C#N)cc2)n1. The summed E-state index contributed by atoms with van der Waals surface area (Å²) in [4.78, 5) is 4.25. The van der Waals surface area contributed by atoms with Crippen molar-refractivity contribution in [2.24, 2.45) is 0 Å². The van der Waals surface area contributed by atoms with Gasteiger partial charge in [-0.25, -0.2) is 0 Å². The van der Waals surface area contributed by atoms with Gasteiger partial charge in [-0.2, -0.15) is 10.2 Å². The van der Waals surface area contributed by atoms with Crippen molar-refractivity contribution in [2.45, 2.75) is 19.4 Å². The average molecular weight is 243 g/mol. The molecule has 5 nitrogen and oxygen atoms in total. The second-order valence-electron chi connectivity index (χ2n) is 3.91. The van der Waals surface area contributed by atoms with E-state index in [0.717, 1.165) is 5.56 Å². The molecule has 5 heteroatoms. The molecule has 92 valence electrons. The molecule has 0 spiro atoms. The lowest BCUT2D eigenvalue weighted by atomic mass is 10.1. The zero-order chi connectivity index (χ0) is 13.0. The molecule has 1 unspecified atom stereocenters. The number of nitrogens with zero attached hydrogens (tertiary/aromatic N) is 3. The topological polar surface area (TPSA) is 71.9 Å². The monoisotopic (exact) mass is 243 g/mol. The van der Waals surface area contributed by atoms with Gasteiger partial charge in [-0.15, -0.1) is 0 Å². The van der Waals surface area contributed by atoms with Crippen LogP contribution in [0.5, 0.6) is 0 Å². The summed E-state index contributed by atoms with van der Waals surface area (Å²) in [7, 11) is 1.60. The largest absolute Gasteiger partial charge is 0.374 e. The fourth-order valence-corrected chi connectivity index (χ4v) is 1.48. The Morgan fingerprint density at radius 3 is 2.72 bits per heavy atom. The molecule has 0 N–H and O–H groups in total. The van der Waals surface area contributed by atoms with Crippen molar-refractivity contribution in [1.29, 1.82) is 5.26 Å². The highest BCUT2D eigenvalue weighted by Gasteiger charge is 2.12. The molecule has 1 atom stereocenters. The van der Waals surface area contributed by atoms with Gasteiger partial charge in [0.25, 0.3) is 0 Å². The van der Waals surface area contributed by atoms with E-state index in [1.54, 1.807) is 19.2 Å². The Balaban J connectivity index is 2.09. The molecule has 1 aromatic heterocycles. The van der Waals surface area contributed by atoms with Crippen LogP contribution in [-0.4, -0.2) is 17.3 Å². The first-order chi connectivity index (χ1) is 8.72. The second kappa shape index (κ2) is 5.43. The van der Waals surface area contributed by atoms with Crippen molar-refractivity contribution < 1.29 is 9.26 Å². The fourth-order valence-electron chi connectivity index (χ4n) is 1.48. The molecular weight excluding hydrogens is 230 g/mol. The maximum Gasteiger partial charge on any atom is 0.231 e. The lowest BCUT2D eigenvalue weighted by Crippen LogP contribution is -1.98. The van der Waals surface area contributed by atoms with Crippen LogP contribution in [0.3, 0.4) is 0 Å². The zero-order valence-electron chi connectivity index (χ0n) is 10.3. The highest BCUT2D eigenvalue weighted by molar-refractivity contribution is 5.32. The predicted molar refractivity (Wildman–Crippen MR) is 63.7 cm³/mol. The third-order valence-electron chi connectivity index (χ3n) is 2.64. The van der Waals surface area contributed by atoms with Gasteiger partial charge in [0, 0.05) is 7.11 Å². The number of hydrogen-bond acceptors (Lipinski definition) is 5. The quantitative estimate of drug-likeness (QED) is 0.823. The van der Waals surface area contributed by atoms with Gasteiger partial charge in [-0.05, 0) is 24.6 Å². The summed E-state index contributed by atoms with van der Waals surface area (Å²) in [6, 6.07) is 9.37. The molecule has 0 aliphatic rings. The summed E-state index contributed by atoms with van der Waals surface area (Å²) in [6.45, 7) is 1.86. The molecule has 0 radical (unpaired) electrons. The molecule has 1 aromatic carbocycles. The summed E-state index contributed by atoms with van der Waals surface area (Å²) in [5, 5.41) is 12.6. The van der Waals surface area contributed by atoms with E-state index in [9.17, 15) is 0 Å². The summed E-state index contributed by atoms with van der Waals surface area (Å²) in [5.41, 5.74) is 1.66. The smallest absolute Gasteiger partial charge is 0.231 e. The minimum Gasteiger partial charge on any atom is -0.374 e. The van der Waals surface area contributed by atoms with E-state index in [4.69, 9.17) is 14.5 Å². The van der Waals surface area contributed by atoms with Gasteiger partial charge in [-0.1, -0.05) is 17.3 Å². The molecule has 0 saturated heterocycles. The molecule has 2 rings (SSSR count). The van der Waals surface area contributed by atoms with Gasteiger partial charge in [0.1, 0.15) is 6.10 Å². The molecule has 0 aliphatic heterocycles. The molecule has 0 fully saturated rings. The molecule has 18 heavy (non-hydrogen) atoms. The molecule has 1 heterocycles. The first kappa shape index (κ1) is 12.3. The molecule has 0 bridgehead atoms. The van der Waals surface area contributed by atoms with Gasteiger partial charge in [-0.3, -0.25) is 0 Å². The van der Waals surface area contributed by atoms with Crippen molar-refractivity contribution in [3.63, 3.8) is 0 Å². The molecule has 0 aliphatic carbocycles. The van der Waals surface area contributed by atoms with E-state index < -0.39 is 0 Å². The van der Waals surface area contributed by atoms with Gasteiger partial charge in [0.05, 0.1) is 18.1 Å². The Bertz CT molecular complexity index is 554. The second-order valence-corrected chi connectivity index (χ2v) is 3.91. The van der Waals surface area contributed by atoms with E-state index >= 15 is 0 Å². The predicted octanol–water partition coefficient (Wildman–Crippen LogP) is 2.24. The van der Waals surface area contributed by atoms with E-state index in [1.165, 1.54) is 0 Å². The third kappa shape index (κ3) is 2.73. The summed E-state index contributed by atoms with van der Waals surface area (Å²) < 4.78 is 10.3. The standard InChI is InChI=1S/C13H13N3O2/c1-9(17-2)13-15-12(18-16-13)7-10-3-5-11(8-14)6-4-10/h3-6,9H,7H2,1-2H3. The van der Waals surface area contributed by atoms with Crippen LogP contribution in [0.15, 0.2) is 28.8 Å². The average Bonchev–Trinajstić information content (AvgIpc) is 2.87. The van der Waals surface area contributed by atoms with E-state index in [2.05, 4.69) is 16.2 Å². The van der Waals surface area contributed by atoms with Crippen LogP contribution < -0.4 is 0 Å². The Morgan fingerprint density at radius 2 is 2.11 bits per heavy atom. The Kier molecular flexibility index (Phi) is 3.70. The first-order valence-electron chi connectivity index (χ1n) is 5.57. The van der Waals surface area contributed by atoms with Crippen LogP contribution >= 0.6 is 0 Å². The molecular formula is C13H13N3O2. The Hall–Kier alpha value is -2.19. The lowest BCUT2D eigenvalue weighted by Gasteiger charge is -2.01. The zero-order valence-corrected chi connectivity index (χ0v) is 10.3. The van der Waals surface area contributed by atoms with E-state index in [1.807, 2.05) is 19.1 Å². The number of hydrogen-bond donors (Lipinski definition) is 0. The minimum atomic E-state index is -0.177. The minimum absolute atomic E-state index is 0.177. The van der Waals surface area contributed by atoms with Crippen molar-refractivity contribution in [3.8, 4) is 6.07 Å². The van der Waals surface area contributed by atoms with Crippen LogP contribution in [0.1, 0.15) is 35.9 Å². The van der Waals surface area contributed by atoms with Gasteiger partial charge in [0.15, 0.2) is 5.82 Å². The summed E-state index contributed by atoms with van der Waals surface area (Å²) in [5.74, 6) is 1.08. The number of benzene rings is 1. The normalized spacial score (nSPS) is 12.1. The number of aromatic nitrogens is 2. The van der Waals surface area contributed by atoms with Crippen molar-refractivity contribution in [2.75, 3.05) is 7.11 Å². The molecule has 0 amide bonds. The number of ether oxygens (including phenoxy) is 1. The van der Waals surface area contributed by atoms with Crippen LogP contribution in [-0.2, 0) is 11.2 Å². The van der Waals surface area contributed by atoms with Gasteiger partial charge >= 0.3 is 0 Å². The van der Waals surface area contributed by atoms with E-state index in [-0.39, 0.29) is 6.10 Å². The highest BCUT2D eigenvalue weighted by atomic mass is 16.5. The van der Waals surface area contributed by atoms with Crippen LogP contribution in [0, 0.1) is 11.3 Å². The van der Waals surface area contributed by atoms with Gasteiger partial charge in [0.2, 0.25) is 5.89 Å². The number of rotatable bonds is 4. The van der Waals surface area contributed by atoms with Crippen LogP contribution in [0.25, 0.3) is 0 Å². The Labute approximate surface area is 105 Å². The van der Waals surface area contributed by atoms with Crippen molar-refractivity contribution >= 4 is 0 Å². The maximum absolute atomic E-state index is 8.71. The van der Waals surface area contributed by atoms with Crippen LogP contribution in [0.2, 0.25) is 0 Å². The number of nitriles is 1. The molecule has 2 aromatic rings. The highest BCUT2D eigenvalue weighted by Crippen LogP contribution is 2.14. The van der Waals surface area contributed by atoms with E-state index in [0.29, 0.717) is 23.7 Å². The fraction of sp³-hybridized carbons (Fsp3) is 0.308. The summed E-state index contributed by atoms with van der Waals surface area (Å²) in [6.07, 6.45) is 0.373. The van der Waals surface area contributed by atoms with Crippen LogP contribution in [0.4, 0.5) is 0 Å². The van der Waals surface area contributed by atoms with Crippen molar-refractivity contribution in [1.82, 2.24) is 10.1 Å². The third-order valence-corrected chi connectivity index (χ3v) is 2.64. The van der Waals surface area contributed by atoms with Crippen molar-refractivity contribution in [3.05, 3.63) is 47.1 Å². The molecule has 0 saturated carbocycles. The maximum atomic E-state index is 8.71. The summed E-state index contributed by atoms with van der Waals surface area (Å²) >= 11 is 0. The lowest BCUT2D eigenvalue weighted by molar-refractivity contribution is 0.109. The number of methoxy groups -OCH3 is 1.